The van der Waals surface area contributed by atoms with Gasteiger partial charge in [0.25, 0.3) is 5.76 Å². The van der Waals surface area contributed by atoms with E-state index in [1.165, 1.54) is 7.11 Å². The molecule has 2 rings (SSSR count). The van der Waals surface area contributed by atoms with Gasteiger partial charge in [0.2, 0.25) is 0 Å². The number of aliphatic carboxylic acids is 1. The lowest BCUT2D eigenvalue weighted by molar-refractivity contribution is -0.135. The summed E-state index contributed by atoms with van der Waals surface area (Å²) in [5, 5.41) is 9.48. The first-order valence-electron chi connectivity index (χ1n) is 7.13. The molecular weight excluding hydrogens is 296 g/mol. The summed E-state index contributed by atoms with van der Waals surface area (Å²) < 4.78 is 16.2. The van der Waals surface area contributed by atoms with E-state index >= 15 is 0 Å². The Morgan fingerprint density at radius 2 is 1.74 bits per heavy atom. The molecule has 0 aliphatic carbocycles. The smallest absolute Gasteiger partial charge is 0.375 e. The van der Waals surface area contributed by atoms with E-state index in [1.54, 1.807) is 48.5 Å². The fraction of sp³-hybridized carbons (Fsp3) is 0.167. The summed E-state index contributed by atoms with van der Waals surface area (Å²) in [6.45, 7) is 2.38. The minimum atomic E-state index is -1.22. The summed E-state index contributed by atoms with van der Waals surface area (Å²) in [6, 6.07) is 15.7. The summed E-state index contributed by atoms with van der Waals surface area (Å²) in [5.74, 6) is -0.382. The molecule has 0 amide bonds. The van der Waals surface area contributed by atoms with Gasteiger partial charge in [-0.25, -0.2) is 4.79 Å². The Balaban J connectivity index is 2.40. The molecule has 0 fully saturated rings. The van der Waals surface area contributed by atoms with Gasteiger partial charge in [0.1, 0.15) is 11.5 Å². The predicted octanol–water partition coefficient (Wildman–Crippen LogP) is 3.56. The minimum absolute atomic E-state index is 0.153. The molecule has 5 nitrogen and oxygen atoms in total. The van der Waals surface area contributed by atoms with Crippen molar-refractivity contribution in [2.75, 3.05) is 13.7 Å². The van der Waals surface area contributed by atoms with E-state index in [-0.39, 0.29) is 11.5 Å². The molecule has 0 spiro atoms. The van der Waals surface area contributed by atoms with E-state index < -0.39 is 5.97 Å². The van der Waals surface area contributed by atoms with Crippen LogP contribution in [-0.2, 0) is 9.53 Å². The van der Waals surface area contributed by atoms with Gasteiger partial charge >= 0.3 is 5.97 Å². The molecule has 5 heteroatoms. The molecule has 0 saturated carbocycles. The fourth-order valence-corrected chi connectivity index (χ4v) is 2.03. The number of hydrogen-bond donors (Lipinski definition) is 1. The largest absolute Gasteiger partial charge is 0.494 e. The summed E-state index contributed by atoms with van der Waals surface area (Å²) in [6.07, 6.45) is 0. The van der Waals surface area contributed by atoms with Crippen molar-refractivity contribution in [2.24, 2.45) is 0 Å². The highest BCUT2D eigenvalue weighted by Crippen LogP contribution is 2.26. The number of rotatable bonds is 7. The maximum Gasteiger partial charge on any atom is 0.375 e. The molecule has 0 heterocycles. The molecule has 1 N–H and O–H groups in total. The van der Waals surface area contributed by atoms with E-state index in [4.69, 9.17) is 14.2 Å². The minimum Gasteiger partial charge on any atom is -0.494 e. The van der Waals surface area contributed by atoms with Gasteiger partial charge < -0.3 is 19.3 Å². The Morgan fingerprint density at radius 1 is 1.04 bits per heavy atom. The summed E-state index contributed by atoms with van der Waals surface area (Å²) in [5.41, 5.74) is 0.619. The molecule has 0 aromatic heterocycles. The van der Waals surface area contributed by atoms with Crippen molar-refractivity contribution in [1.82, 2.24) is 0 Å². The molecule has 2 aromatic rings. The molecule has 23 heavy (non-hydrogen) atoms. The molecule has 120 valence electrons. The molecule has 0 atom stereocenters. The summed E-state index contributed by atoms with van der Waals surface area (Å²) >= 11 is 0. The zero-order valence-corrected chi connectivity index (χ0v) is 13.0. The maximum absolute atomic E-state index is 11.6. The first kappa shape index (κ1) is 16.4. The second-order valence-electron chi connectivity index (χ2n) is 4.54. The number of carboxylic acid groups (broad SMARTS) is 1. The molecule has 0 radical (unpaired) electrons. The zero-order chi connectivity index (χ0) is 16.7. The van der Waals surface area contributed by atoms with Crippen LogP contribution in [0.15, 0.2) is 60.4 Å². The van der Waals surface area contributed by atoms with Gasteiger partial charge in [0.15, 0.2) is 5.76 Å². The SMILES string of the molecule is CCOc1cccc(OC(C(=O)O)=C(OC)c2ccccc2)c1. The van der Waals surface area contributed by atoms with Crippen LogP contribution in [0.3, 0.4) is 0 Å². The number of benzene rings is 2. The molecule has 0 aliphatic heterocycles. The van der Waals surface area contributed by atoms with Gasteiger partial charge in [-0.15, -0.1) is 0 Å². The fourth-order valence-electron chi connectivity index (χ4n) is 2.03. The van der Waals surface area contributed by atoms with Crippen LogP contribution in [0.4, 0.5) is 0 Å². The first-order chi connectivity index (χ1) is 11.2. The normalized spacial score (nSPS) is 11.4. The van der Waals surface area contributed by atoms with Gasteiger partial charge in [-0.2, -0.15) is 0 Å². The number of ether oxygens (including phenoxy) is 3. The lowest BCUT2D eigenvalue weighted by atomic mass is 10.1. The van der Waals surface area contributed by atoms with Crippen molar-refractivity contribution in [3.63, 3.8) is 0 Å². The van der Waals surface area contributed by atoms with E-state index in [9.17, 15) is 9.90 Å². The Hall–Kier alpha value is -2.95. The highest BCUT2D eigenvalue weighted by Gasteiger charge is 2.20. The lowest BCUT2D eigenvalue weighted by Crippen LogP contribution is -2.12. The Bertz CT molecular complexity index is 692. The van der Waals surface area contributed by atoms with Crippen LogP contribution in [0.5, 0.6) is 11.5 Å². The van der Waals surface area contributed by atoms with Gasteiger partial charge in [0.05, 0.1) is 13.7 Å². The van der Waals surface area contributed by atoms with Gasteiger partial charge in [-0.05, 0) is 19.1 Å². The van der Waals surface area contributed by atoms with E-state index in [0.29, 0.717) is 23.7 Å². The van der Waals surface area contributed by atoms with Crippen LogP contribution < -0.4 is 9.47 Å². The number of carbonyl (C=O) groups is 1. The molecule has 2 aromatic carbocycles. The van der Waals surface area contributed by atoms with Crippen molar-refractivity contribution in [3.8, 4) is 11.5 Å². The van der Waals surface area contributed by atoms with E-state index in [2.05, 4.69) is 0 Å². The third kappa shape index (κ3) is 4.26. The molecule has 0 bridgehead atoms. The topological polar surface area (TPSA) is 65.0 Å². The molecule has 0 saturated heterocycles. The predicted molar refractivity (Wildman–Crippen MR) is 86.2 cm³/mol. The van der Waals surface area contributed by atoms with Crippen molar-refractivity contribution < 1.29 is 24.1 Å². The number of carboxylic acids is 1. The second kappa shape index (κ2) is 7.89. The van der Waals surface area contributed by atoms with Crippen molar-refractivity contribution in [1.29, 1.82) is 0 Å². The van der Waals surface area contributed by atoms with Gasteiger partial charge in [-0.3, -0.25) is 0 Å². The second-order valence-corrected chi connectivity index (χ2v) is 4.54. The summed E-state index contributed by atoms with van der Waals surface area (Å²) in [4.78, 5) is 11.6. The Morgan fingerprint density at radius 3 is 2.35 bits per heavy atom. The van der Waals surface area contributed by atoms with Crippen LogP contribution in [0.25, 0.3) is 5.76 Å². The average Bonchev–Trinajstić information content (AvgIpc) is 2.56. The molecule has 0 unspecified atom stereocenters. The van der Waals surface area contributed by atoms with Crippen molar-refractivity contribution in [3.05, 3.63) is 65.9 Å². The third-order valence-electron chi connectivity index (χ3n) is 2.98. The lowest BCUT2D eigenvalue weighted by Gasteiger charge is -2.13. The van der Waals surface area contributed by atoms with E-state index in [0.717, 1.165) is 0 Å². The molecular formula is C18H18O5. The monoisotopic (exact) mass is 314 g/mol. The van der Waals surface area contributed by atoms with Crippen LogP contribution >= 0.6 is 0 Å². The van der Waals surface area contributed by atoms with Gasteiger partial charge in [-0.1, -0.05) is 36.4 Å². The quantitative estimate of drug-likeness (QED) is 0.625. The average molecular weight is 314 g/mol. The number of methoxy groups -OCH3 is 1. The van der Waals surface area contributed by atoms with Crippen LogP contribution in [0.1, 0.15) is 12.5 Å². The third-order valence-corrected chi connectivity index (χ3v) is 2.98. The van der Waals surface area contributed by atoms with Crippen LogP contribution in [0, 0.1) is 0 Å². The zero-order valence-electron chi connectivity index (χ0n) is 13.0. The van der Waals surface area contributed by atoms with Crippen molar-refractivity contribution >= 4 is 11.7 Å². The molecule has 0 aliphatic rings. The standard InChI is InChI=1S/C18H18O5/c1-3-22-14-10-7-11-15(12-14)23-17(18(19)20)16(21-2)13-8-5-4-6-9-13/h4-12H,3H2,1-2H3,(H,19,20). The highest BCUT2D eigenvalue weighted by atomic mass is 16.5. The number of hydrogen-bond acceptors (Lipinski definition) is 4. The Labute approximate surface area is 134 Å². The van der Waals surface area contributed by atoms with E-state index in [1.807, 2.05) is 13.0 Å². The Kier molecular flexibility index (Phi) is 5.63. The van der Waals surface area contributed by atoms with Gasteiger partial charge in [0, 0.05) is 11.6 Å². The maximum atomic E-state index is 11.6. The van der Waals surface area contributed by atoms with Crippen LogP contribution in [0.2, 0.25) is 0 Å². The summed E-state index contributed by atoms with van der Waals surface area (Å²) in [7, 11) is 1.41. The first-order valence-corrected chi connectivity index (χ1v) is 7.13. The van der Waals surface area contributed by atoms with Crippen molar-refractivity contribution in [2.45, 2.75) is 6.92 Å². The van der Waals surface area contributed by atoms with Crippen LogP contribution in [-0.4, -0.2) is 24.8 Å². The highest BCUT2D eigenvalue weighted by molar-refractivity contribution is 5.93.